The summed E-state index contributed by atoms with van der Waals surface area (Å²) in [6.45, 7) is 5.21. The highest BCUT2D eigenvalue weighted by Gasteiger charge is 2.24. The quantitative estimate of drug-likeness (QED) is 0.863. The van der Waals surface area contributed by atoms with Gasteiger partial charge in [0.25, 0.3) is 0 Å². The van der Waals surface area contributed by atoms with Crippen molar-refractivity contribution in [2.45, 2.75) is 19.4 Å². The van der Waals surface area contributed by atoms with Crippen LogP contribution < -0.4 is 9.64 Å². The van der Waals surface area contributed by atoms with Gasteiger partial charge < -0.3 is 14.5 Å². The number of carbonyl (C=O) groups excluding carboxylic acids is 1. The summed E-state index contributed by atoms with van der Waals surface area (Å²) in [6.07, 6.45) is 4.51. The van der Waals surface area contributed by atoms with E-state index in [-0.39, 0.29) is 11.9 Å². The van der Waals surface area contributed by atoms with E-state index in [9.17, 15) is 4.79 Å². The van der Waals surface area contributed by atoms with Crippen LogP contribution in [0.15, 0.2) is 42.7 Å². The first-order valence-corrected chi connectivity index (χ1v) is 8.36. The predicted molar refractivity (Wildman–Crippen MR) is 93.3 cm³/mol. The highest BCUT2D eigenvalue weighted by Crippen LogP contribution is 2.21. The molecule has 2 aromatic rings. The van der Waals surface area contributed by atoms with Gasteiger partial charge in [0.1, 0.15) is 11.8 Å². The third-order valence-corrected chi connectivity index (χ3v) is 4.52. The minimum absolute atomic E-state index is 0.135. The van der Waals surface area contributed by atoms with E-state index in [0.29, 0.717) is 0 Å². The van der Waals surface area contributed by atoms with E-state index < -0.39 is 0 Å². The van der Waals surface area contributed by atoms with Crippen molar-refractivity contribution >= 4 is 11.6 Å². The molecule has 6 heteroatoms. The summed E-state index contributed by atoms with van der Waals surface area (Å²) in [6, 6.07) is 9.68. The van der Waals surface area contributed by atoms with Gasteiger partial charge in [-0.1, -0.05) is 0 Å². The van der Waals surface area contributed by atoms with E-state index >= 15 is 0 Å². The normalized spacial score (nSPS) is 16.6. The second kappa shape index (κ2) is 7.38. The Morgan fingerprint density at radius 3 is 2.62 bits per heavy atom. The molecule has 0 bridgehead atoms. The third kappa shape index (κ3) is 3.53. The van der Waals surface area contributed by atoms with Gasteiger partial charge in [0.05, 0.1) is 7.11 Å². The summed E-state index contributed by atoms with van der Waals surface area (Å²) < 4.78 is 6.93. The SMILES string of the molecule is COc1ccc(N2CCCN(C(=O)[C@H](C)n3cccn3)CC2)cc1. The zero-order valence-electron chi connectivity index (χ0n) is 14.3. The van der Waals surface area contributed by atoms with Crippen LogP contribution in [-0.4, -0.2) is 53.9 Å². The number of aromatic nitrogens is 2. The zero-order chi connectivity index (χ0) is 16.9. The van der Waals surface area contributed by atoms with E-state index in [1.165, 1.54) is 5.69 Å². The molecule has 0 unspecified atom stereocenters. The number of hydrogen-bond acceptors (Lipinski definition) is 4. The molecule has 0 saturated carbocycles. The van der Waals surface area contributed by atoms with Gasteiger partial charge >= 0.3 is 0 Å². The molecule has 1 saturated heterocycles. The van der Waals surface area contributed by atoms with Gasteiger partial charge in [-0.25, -0.2) is 0 Å². The van der Waals surface area contributed by atoms with Crippen molar-refractivity contribution < 1.29 is 9.53 Å². The number of anilines is 1. The van der Waals surface area contributed by atoms with Crippen molar-refractivity contribution in [1.29, 1.82) is 0 Å². The molecule has 1 fully saturated rings. The van der Waals surface area contributed by atoms with Crippen molar-refractivity contribution in [3.8, 4) is 5.75 Å². The fourth-order valence-corrected chi connectivity index (χ4v) is 3.08. The lowest BCUT2D eigenvalue weighted by atomic mass is 10.2. The molecular weight excluding hydrogens is 304 g/mol. The Hall–Kier alpha value is -2.50. The second-order valence-electron chi connectivity index (χ2n) is 6.03. The first-order chi connectivity index (χ1) is 11.7. The number of rotatable bonds is 4. The molecule has 1 aromatic heterocycles. The average molecular weight is 328 g/mol. The summed E-state index contributed by atoms with van der Waals surface area (Å²) in [5.74, 6) is 0.994. The van der Waals surface area contributed by atoms with Gasteiger partial charge in [-0.05, 0) is 43.7 Å². The molecule has 1 amide bonds. The van der Waals surface area contributed by atoms with Crippen LogP contribution in [0.2, 0.25) is 0 Å². The maximum Gasteiger partial charge on any atom is 0.247 e. The smallest absolute Gasteiger partial charge is 0.247 e. The molecule has 128 valence electrons. The molecule has 0 radical (unpaired) electrons. The van der Waals surface area contributed by atoms with Gasteiger partial charge in [0, 0.05) is 44.3 Å². The molecule has 3 rings (SSSR count). The Bertz CT molecular complexity index is 654. The van der Waals surface area contributed by atoms with Crippen LogP contribution in [0.3, 0.4) is 0 Å². The van der Waals surface area contributed by atoms with Crippen LogP contribution >= 0.6 is 0 Å². The van der Waals surface area contributed by atoms with Crippen LogP contribution in [0.4, 0.5) is 5.69 Å². The number of methoxy groups -OCH3 is 1. The predicted octanol–water partition coefficient (Wildman–Crippen LogP) is 2.19. The van der Waals surface area contributed by atoms with E-state index in [1.807, 2.05) is 36.2 Å². The lowest BCUT2D eigenvalue weighted by Crippen LogP contribution is -2.39. The van der Waals surface area contributed by atoms with Crippen molar-refractivity contribution in [2.24, 2.45) is 0 Å². The highest BCUT2D eigenvalue weighted by molar-refractivity contribution is 5.80. The molecule has 1 aliphatic heterocycles. The van der Waals surface area contributed by atoms with Crippen molar-refractivity contribution in [2.75, 3.05) is 38.2 Å². The van der Waals surface area contributed by atoms with Crippen LogP contribution in [0, 0.1) is 0 Å². The molecule has 24 heavy (non-hydrogen) atoms. The fraction of sp³-hybridized carbons (Fsp3) is 0.444. The Labute approximate surface area is 142 Å². The molecule has 0 spiro atoms. The molecule has 1 aromatic carbocycles. The third-order valence-electron chi connectivity index (χ3n) is 4.52. The molecule has 6 nitrogen and oxygen atoms in total. The van der Waals surface area contributed by atoms with E-state index in [0.717, 1.165) is 38.3 Å². The number of benzene rings is 1. The van der Waals surface area contributed by atoms with E-state index in [4.69, 9.17) is 4.74 Å². The van der Waals surface area contributed by atoms with Gasteiger partial charge in [-0.2, -0.15) is 5.10 Å². The van der Waals surface area contributed by atoms with Crippen LogP contribution in [0.25, 0.3) is 0 Å². The van der Waals surface area contributed by atoms with Crippen LogP contribution in [0.1, 0.15) is 19.4 Å². The number of carbonyl (C=O) groups is 1. The fourth-order valence-electron chi connectivity index (χ4n) is 3.08. The lowest BCUT2D eigenvalue weighted by Gasteiger charge is -2.25. The largest absolute Gasteiger partial charge is 0.497 e. The molecule has 0 aliphatic carbocycles. The minimum Gasteiger partial charge on any atom is -0.497 e. The van der Waals surface area contributed by atoms with E-state index in [2.05, 4.69) is 22.1 Å². The lowest BCUT2D eigenvalue weighted by molar-refractivity contribution is -0.134. The van der Waals surface area contributed by atoms with Crippen molar-refractivity contribution in [3.63, 3.8) is 0 Å². The number of hydrogen-bond donors (Lipinski definition) is 0. The molecular formula is C18H24N4O2. The molecule has 2 heterocycles. The summed E-state index contributed by atoms with van der Waals surface area (Å²) in [5.41, 5.74) is 1.17. The van der Waals surface area contributed by atoms with Gasteiger partial charge in [-0.3, -0.25) is 9.48 Å². The van der Waals surface area contributed by atoms with Crippen molar-refractivity contribution in [1.82, 2.24) is 14.7 Å². The standard InChI is InChI=1S/C18H24N4O2/c1-15(22-12-3-9-19-22)18(23)21-11-4-10-20(13-14-21)16-5-7-17(24-2)8-6-16/h3,5-9,12,15H,4,10-11,13-14H2,1-2H3/t15-/m0/s1. The number of nitrogens with zero attached hydrogens (tertiary/aromatic N) is 4. The highest BCUT2D eigenvalue weighted by atomic mass is 16.5. The van der Waals surface area contributed by atoms with Gasteiger partial charge in [0.2, 0.25) is 5.91 Å². The first kappa shape index (κ1) is 16.4. The monoisotopic (exact) mass is 328 g/mol. The van der Waals surface area contributed by atoms with Gasteiger partial charge in [-0.15, -0.1) is 0 Å². The minimum atomic E-state index is -0.257. The van der Waals surface area contributed by atoms with Crippen molar-refractivity contribution in [3.05, 3.63) is 42.7 Å². The number of ether oxygens (including phenoxy) is 1. The molecule has 1 aliphatic rings. The average Bonchev–Trinajstić information content (AvgIpc) is 3.05. The maximum atomic E-state index is 12.7. The summed E-state index contributed by atoms with van der Waals surface area (Å²) in [5, 5.41) is 4.18. The molecule has 1 atom stereocenters. The van der Waals surface area contributed by atoms with Gasteiger partial charge in [0.15, 0.2) is 0 Å². The van der Waals surface area contributed by atoms with Crippen LogP contribution in [-0.2, 0) is 4.79 Å². The zero-order valence-corrected chi connectivity index (χ0v) is 14.3. The maximum absolute atomic E-state index is 12.7. The first-order valence-electron chi connectivity index (χ1n) is 8.36. The second-order valence-corrected chi connectivity index (χ2v) is 6.03. The molecule has 0 N–H and O–H groups in total. The Morgan fingerprint density at radius 1 is 1.17 bits per heavy atom. The Kier molecular flexibility index (Phi) is 5.03. The van der Waals surface area contributed by atoms with E-state index in [1.54, 1.807) is 18.0 Å². The Morgan fingerprint density at radius 2 is 1.96 bits per heavy atom. The topological polar surface area (TPSA) is 50.6 Å². The summed E-state index contributed by atoms with van der Waals surface area (Å²) in [7, 11) is 1.67. The Balaban J connectivity index is 1.63. The summed E-state index contributed by atoms with van der Waals surface area (Å²) in [4.78, 5) is 17.0. The summed E-state index contributed by atoms with van der Waals surface area (Å²) >= 11 is 0. The van der Waals surface area contributed by atoms with Crippen LogP contribution in [0.5, 0.6) is 5.75 Å². The number of amides is 1.